The predicted molar refractivity (Wildman–Crippen MR) is 172 cm³/mol. The zero-order valence-electron chi connectivity index (χ0n) is 24.4. The minimum Gasteiger partial charge on any atom is -0.480 e. The monoisotopic (exact) mass is 630 g/mol. The molecule has 0 unspecified atom stereocenters. The molecular weight excluding hydrogens is 599 g/mol. The number of nitrogens with zero attached hydrogens (tertiary/aromatic N) is 6. The topological polar surface area (TPSA) is 99.8 Å². The summed E-state index contributed by atoms with van der Waals surface area (Å²) in [6, 6.07) is 15.8. The molecule has 5 heterocycles. The molecular formula is C33H32Cl2N6O3. The summed E-state index contributed by atoms with van der Waals surface area (Å²) in [4.78, 5) is 18.7. The van der Waals surface area contributed by atoms with Gasteiger partial charge in [-0.15, -0.1) is 0 Å². The number of benzene rings is 2. The number of fused-ring (bicyclic) bond motifs is 1. The molecule has 2 saturated heterocycles. The molecule has 226 valence electrons. The Morgan fingerprint density at radius 3 is 2.00 bits per heavy atom. The number of aliphatic hydroxyl groups is 2. The van der Waals surface area contributed by atoms with Crippen LogP contribution in [0.25, 0.3) is 44.7 Å². The molecule has 5 aromatic rings. The molecule has 3 aromatic heterocycles. The van der Waals surface area contributed by atoms with Gasteiger partial charge in [-0.1, -0.05) is 59.6 Å². The molecule has 44 heavy (non-hydrogen) atoms. The van der Waals surface area contributed by atoms with Gasteiger partial charge >= 0.3 is 0 Å². The maximum atomic E-state index is 9.67. The molecule has 0 radical (unpaired) electrons. The molecule has 2 N–H and O–H groups in total. The maximum absolute atomic E-state index is 9.67. The highest BCUT2D eigenvalue weighted by Crippen LogP contribution is 2.42. The quantitative estimate of drug-likeness (QED) is 0.246. The van der Waals surface area contributed by atoms with Crippen LogP contribution in [0.3, 0.4) is 0 Å². The Kier molecular flexibility index (Phi) is 7.78. The van der Waals surface area contributed by atoms with Crippen molar-refractivity contribution in [2.75, 3.05) is 33.3 Å². The molecule has 0 spiro atoms. The number of likely N-dealkylation sites (tertiary alicyclic amines) is 2. The summed E-state index contributed by atoms with van der Waals surface area (Å²) in [7, 11) is 3.57. The molecule has 0 aliphatic carbocycles. The van der Waals surface area contributed by atoms with E-state index in [0.717, 1.165) is 40.0 Å². The first-order chi connectivity index (χ1) is 21.3. The first kappa shape index (κ1) is 29.2. The summed E-state index contributed by atoms with van der Waals surface area (Å²) in [5.41, 5.74) is 7.21. The summed E-state index contributed by atoms with van der Waals surface area (Å²) in [5, 5.41) is 21.4. The number of aliphatic hydroxyl groups excluding tert-OH is 2. The minimum atomic E-state index is -0.290. The highest BCUT2D eigenvalue weighted by Gasteiger charge is 2.27. The predicted octanol–water partition coefficient (Wildman–Crippen LogP) is 5.03. The lowest BCUT2D eigenvalue weighted by atomic mass is 9.98. The molecule has 0 saturated carbocycles. The number of ether oxygens (including phenoxy) is 1. The van der Waals surface area contributed by atoms with Crippen LogP contribution >= 0.6 is 23.2 Å². The van der Waals surface area contributed by atoms with E-state index in [1.165, 1.54) is 5.56 Å². The van der Waals surface area contributed by atoms with Crippen molar-refractivity contribution in [1.29, 1.82) is 0 Å². The summed E-state index contributed by atoms with van der Waals surface area (Å²) >= 11 is 14.1. The molecule has 2 aliphatic heterocycles. The van der Waals surface area contributed by atoms with Crippen LogP contribution in [0.5, 0.6) is 5.88 Å². The van der Waals surface area contributed by atoms with E-state index < -0.39 is 0 Å². The number of aromatic nitrogens is 4. The Bertz CT molecular complexity index is 1870. The van der Waals surface area contributed by atoms with Crippen molar-refractivity contribution in [3.8, 4) is 39.5 Å². The van der Waals surface area contributed by atoms with E-state index in [2.05, 4.69) is 27.0 Å². The van der Waals surface area contributed by atoms with Crippen LogP contribution in [0.1, 0.15) is 11.3 Å². The van der Waals surface area contributed by atoms with Crippen LogP contribution in [0.2, 0.25) is 10.0 Å². The number of methoxy groups -OCH3 is 1. The fourth-order valence-corrected chi connectivity index (χ4v) is 6.73. The van der Waals surface area contributed by atoms with Crippen molar-refractivity contribution in [3.63, 3.8) is 0 Å². The highest BCUT2D eigenvalue weighted by atomic mass is 35.5. The van der Waals surface area contributed by atoms with Gasteiger partial charge in [0, 0.05) is 80.2 Å². The van der Waals surface area contributed by atoms with Gasteiger partial charge in [0.05, 0.1) is 46.9 Å². The molecule has 2 aromatic carbocycles. The average molecular weight is 632 g/mol. The third-order valence-electron chi connectivity index (χ3n) is 8.39. The summed E-state index contributed by atoms with van der Waals surface area (Å²) in [5.74, 6) is 0.429. The molecule has 2 aliphatic rings. The number of pyridine rings is 1. The molecule has 9 nitrogen and oxygen atoms in total. The number of halogens is 2. The van der Waals surface area contributed by atoms with Crippen molar-refractivity contribution >= 4 is 34.2 Å². The molecule has 7 rings (SSSR count). The van der Waals surface area contributed by atoms with Crippen LogP contribution in [-0.4, -0.2) is 85.0 Å². The van der Waals surface area contributed by atoms with Crippen LogP contribution in [0.4, 0.5) is 0 Å². The first-order valence-electron chi connectivity index (χ1n) is 14.5. The lowest BCUT2D eigenvalue weighted by Gasteiger charge is -2.35. The van der Waals surface area contributed by atoms with Gasteiger partial charge in [-0.25, -0.2) is 9.97 Å². The van der Waals surface area contributed by atoms with Crippen LogP contribution < -0.4 is 4.74 Å². The minimum absolute atomic E-state index is 0.230. The Labute approximate surface area is 265 Å². The summed E-state index contributed by atoms with van der Waals surface area (Å²) < 4.78 is 7.60. The summed E-state index contributed by atoms with van der Waals surface area (Å²) in [6.45, 7) is 3.95. The van der Waals surface area contributed by atoms with Crippen molar-refractivity contribution in [2.24, 2.45) is 7.05 Å². The van der Waals surface area contributed by atoms with Crippen LogP contribution in [0.15, 0.2) is 60.9 Å². The number of aryl methyl sites for hydroxylation is 1. The van der Waals surface area contributed by atoms with Crippen LogP contribution in [-0.2, 0) is 20.1 Å². The van der Waals surface area contributed by atoms with E-state index in [0.29, 0.717) is 65.6 Å². The van der Waals surface area contributed by atoms with E-state index in [4.69, 9.17) is 37.9 Å². The van der Waals surface area contributed by atoms with E-state index in [-0.39, 0.29) is 12.2 Å². The van der Waals surface area contributed by atoms with Gasteiger partial charge in [-0.2, -0.15) is 0 Å². The molecule has 2 fully saturated rings. The second-order valence-corrected chi connectivity index (χ2v) is 12.3. The van der Waals surface area contributed by atoms with Crippen LogP contribution in [0, 0.1) is 0 Å². The molecule has 0 bridgehead atoms. The second-order valence-electron chi connectivity index (χ2n) is 11.6. The van der Waals surface area contributed by atoms with Crippen molar-refractivity contribution in [2.45, 2.75) is 25.3 Å². The maximum Gasteiger partial charge on any atom is 0.237 e. The SMILES string of the molecule is COc1nc(-c2cccc(-c3cccc(-c4ccc5c(CN6CC(O)C6)cn(C)c5n4)c3Cl)c2Cl)cnc1CN1CC(O)C1. The number of rotatable bonds is 8. The number of hydrogen-bond acceptors (Lipinski definition) is 8. The Morgan fingerprint density at radius 2 is 1.39 bits per heavy atom. The average Bonchev–Trinajstić information content (AvgIpc) is 3.30. The molecule has 0 amide bonds. The van der Waals surface area contributed by atoms with E-state index >= 15 is 0 Å². The third kappa shape index (κ3) is 5.34. The van der Waals surface area contributed by atoms with Gasteiger partial charge in [-0.3, -0.25) is 14.8 Å². The highest BCUT2D eigenvalue weighted by molar-refractivity contribution is 6.39. The van der Waals surface area contributed by atoms with E-state index in [1.807, 2.05) is 54.1 Å². The lowest BCUT2D eigenvalue weighted by molar-refractivity contribution is -0.00405. The summed E-state index contributed by atoms with van der Waals surface area (Å²) in [6.07, 6.45) is 3.29. The standard InChI is InChI=1S/C33H32Cl2N6O3/c1-39-12-19(13-40-14-20(42)15-40)22-9-10-27(37-32(22)39)25-7-3-5-23(30(25)34)24-6-4-8-26(31(24)35)28-11-36-29(33(38-28)44-2)18-41-16-21(43)17-41/h3-12,20-21,42-43H,13-18H2,1-2H3. The van der Waals surface area contributed by atoms with E-state index in [1.54, 1.807) is 13.3 Å². The Balaban J connectivity index is 1.20. The molecule has 0 atom stereocenters. The Hall–Kier alpha value is -3.57. The van der Waals surface area contributed by atoms with Gasteiger partial charge in [0.2, 0.25) is 5.88 Å². The zero-order valence-corrected chi connectivity index (χ0v) is 25.9. The largest absolute Gasteiger partial charge is 0.480 e. The second kappa shape index (κ2) is 11.7. The fraction of sp³-hybridized carbons (Fsp3) is 0.303. The third-order valence-corrected chi connectivity index (χ3v) is 9.21. The van der Waals surface area contributed by atoms with E-state index in [9.17, 15) is 10.2 Å². The fourth-order valence-electron chi connectivity index (χ4n) is 6.08. The Morgan fingerprint density at radius 1 is 0.795 bits per heavy atom. The zero-order chi connectivity index (χ0) is 30.5. The van der Waals surface area contributed by atoms with Gasteiger partial charge in [-0.05, 0) is 17.7 Å². The van der Waals surface area contributed by atoms with Crippen molar-refractivity contribution < 1.29 is 14.9 Å². The lowest BCUT2D eigenvalue weighted by Crippen LogP contribution is -2.50. The smallest absolute Gasteiger partial charge is 0.237 e. The van der Waals surface area contributed by atoms with Gasteiger partial charge in [0.1, 0.15) is 11.3 Å². The molecule has 11 heteroatoms. The van der Waals surface area contributed by atoms with Crippen molar-refractivity contribution in [3.05, 3.63) is 82.2 Å². The van der Waals surface area contributed by atoms with Crippen molar-refractivity contribution in [1.82, 2.24) is 29.3 Å². The first-order valence-corrected chi connectivity index (χ1v) is 15.3. The number of hydrogen-bond donors (Lipinski definition) is 2. The van der Waals surface area contributed by atoms with Gasteiger partial charge in [0.15, 0.2) is 0 Å². The van der Waals surface area contributed by atoms with Gasteiger partial charge in [0.25, 0.3) is 0 Å². The van der Waals surface area contributed by atoms with Gasteiger partial charge < -0.3 is 19.5 Å². The number of β-amino-alcohol motifs (C(OH)–C–C–N with tert-alkyl or cyclic N) is 2. The normalized spacial score (nSPS) is 16.3.